The number of rotatable bonds is 6. The van der Waals surface area contributed by atoms with E-state index in [0.29, 0.717) is 12.2 Å². The summed E-state index contributed by atoms with van der Waals surface area (Å²) in [6.45, 7) is 2.18. The molecule has 0 radical (unpaired) electrons. The van der Waals surface area contributed by atoms with Crippen LogP contribution in [-0.4, -0.2) is 28.2 Å². The van der Waals surface area contributed by atoms with Crippen LogP contribution < -0.4 is 4.72 Å². The van der Waals surface area contributed by atoms with E-state index < -0.39 is 10.0 Å². The molecule has 0 aliphatic heterocycles. The van der Waals surface area contributed by atoms with Gasteiger partial charge >= 0.3 is 0 Å². The minimum atomic E-state index is -3.66. The average Bonchev–Trinajstić information content (AvgIpc) is 3.05. The lowest BCUT2D eigenvalue weighted by Crippen LogP contribution is -2.23. The van der Waals surface area contributed by atoms with Crippen molar-refractivity contribution in [3.05, 3.63) is 30.2 Å². The van der Waals surface area contributed by atoms with Gasteiger partial charge in [0.05, 0.1) is 18.0 Å². The summed E-state index contributed by atoms with van der Waals surface area (Å²) in [5.74, 6) is 0.251. The van der Waals surface area contributed by atoms with Gasteiger partial charge in [-0.15, -0.1) is 0 Å². The molecule has 0 aliphatic carbocycles. The van der Waals surface area contributed by atoms with Crippen molar-refractivity contribution < 1.29 is 18.0 Å². The number of aliphatic hydroxyl groups is 1. The third-order valence-electron chi connectivity index (χ3n) is 2.60. The van der Waals surface area contributed by atoms with Gasteiger partial charge in [0.25, 0.3) is 0 Å². The SMILES string of the molecule is CCn1cc(S(=O)(=O)NCc2ncon2)cc1CO. The Morgan fingerprint density at radius 3 is 2.84 bits per heavy atom. The Bertz CT molecular complexity index is 611. The first-order chi connectivity index (χ1) is 9.06. The van der Waals surface area contributed by atoms with Crippen LogP contribution in [0.2, 0.25) is 0 Å². The van der Waals surface area contributed by atoms with E-state index in [4.69, 9.17) is 5.11 Å². The quantitative estimate of drug-likeness (QED) is 0.765. The zero-order valence-corrected chi connectivity index (χ0v) is 11.1. The number of sulfonamides is 1. The number of nitrogens with zero attached hydrogens (tertiary/aromatic N) is 3. The Morgan fingerprint density at radius 2 is 2.32 bits per heavy atom. The molecule has 2 heterocycles. The summed E-state index contributed by atoms with van der Waals surface area (Å²) in [5, 5.41) is 12.7. The normalized spacial score (nSPS) is 11.9. The number of aliphatic hydroxyl groups excluding tert-OH is 1. The van der Waals surface area contributed by atoms with Crippen LogP contribution in [0, 0.1) is 0 Å². The van der Waals surface area contributed by atoms with E-state index in [1.165, 1.54) is 12.3 Å². The molecule has 2 aromatic heterocycles. The van der Waals surface area contributed by atoms with Crippen LogP contribution in [0.3, 0.4) is 0 Å². The number of hydrogen-bond acceptors (Lipinski definition) is 6. The molecule has 2 rings (SSSR count). The van der Waals surface area contributed by atoms with Crippen LogP contribution in [0.1, 0.15) is 18.4 Å². The van der Waals surface area contributed by atoms with Gasteiger partial charge in [-0.05, 0) is 13.0 Å². The van der Waals surface area contributed by atoms with Crippen LogP contribution in [0.15, 0.2) is 28.1 Å². The predicted octanol–water partition coefficient (Wildman–Crippen LogP) is -0.138. The van der Waals surface area contributed by atoms with Gasteiger partial charge in [0, 0.05) is 18.4 Å². The molecule has 0 saturated heterocycles. The van der Waals surface area contributed by atoms with Crippen LogP contribution in [0.25, 0.3) is 0 Å². The van der Waals surface area contributed by atoms with Crippen molar-refractivity contribution in [2.45, 2.75) is 31.5 Å². The van der Waals surface area contributed by atoms with Crippen LogP contribution in [-0.2, 0) is 29.7 Å². The van der Waals surface area contributed by atoms with Gasteiger partial charge in [-0.2, -0.15) is 4.98 Å². The predicted molar refractivity (Wildman–Crippen MR) is 64.4 cm³/mol. The molecule has 0 aliphatic rings. The topological polar surface area (TPSA) is 110 Å². The molecule has 0 saturated carbocycles. The highest BCUT2D eigenvalue weighted by molar-refractivity contribution is 7.89. The molecule has 0 fully saturated rings. The standard InChI is InChI=1S/C10H14N4O4S/c1-2-14-5-9(3-8(14)6-15)19(16,17)12-4-10-11-7-18-13-10/h3,5,7,12,15H,2,4,6H2,1H3. The van der Waals surface area contributed by atoms with Crippen molar-refractivity contribution in [3.63, 3.8) is 0 Å². The third-order valence-corrected chi connectivity index (χ3v) is 3.97. The molecular weight excluding hydrogens is 272 g/mol. The van der Waals surface area contributed by atoms with E-state index in [1.807, 2.05) is 6.92 Å². The van der Waals surface area contributed by atoms with Crippen molar-refractivity contribution >= 4 is 10.0 Å². The van der Waals surface area contributed by atoms with Gasteiger partial charge in [-0.1, -0.05) is 5.16 Å². The number of nitrogens with one attached hydrogen (secondary N) is 1. The Kier molecular flexibility index (Phi) is 3.98. The molecular formula is C10H14N4O4S. The van der Waals surface area contributed by atoms with Gasteiger partial charge in [-0.3, -0.25) is 0 Å². The van der Waals surface area contributed by atoms with Gasteiger partial charge in [0.15, 0.2) is 5.82 Å². The van der Waals surface area contributed by atoms with Crippen molar-refractivity contribution in [3.8, 4) is 0 Å². The molecule has 0 amide bonds. The van der Waals surface area contributed by atoms with Gasteiger partial charge in [0.1, 0.15) is 0 Å². The minimum Gasteiger partial charge on any atom is -0.390 e. The summed E-state index contributed by atoms with van der Waals surface area (Å²) in [4.78, 5) is 3.82. The Balaban J connectivity index is 2.17. The highest BCUT2D eigenvalue weighted by Gasteiger charge is 2.18. The first-order valence-electron chi connectivity index (χ1n) is 5.61. The maximum Gasteiger partial charge on any atom is 0.242 e. The van der Waals surface area contributed by atoms with Crippen molar-refractivity contribution in [2.75, 3.05) is 0 Å². The average molecular weight is 286 g/mol. The van der Waals surface area contributed by atoms with Crippen molar-refractivity contribution in [2.24, 2.45) is 0 Å². The molecule has 0 aromatic carbocycles. The fourth-order valence-corrected chi connectivity index (χ4v) is 2.65. The molecule has 2 N–H and O–H groups in total. The molecule has 104 valence electrons. The lowest BCUT2D eigenvalue weighted by molar-refractivity contribution is 0.271. The molecule has 19 heavy (non-hydrogen) atoms. The van der Waals surface area contributed by atoms with Crippen molar-refractivity contribution in [1.29, 1.82) is 0 Å². The summed E-state index contributed by atoms with van der Waals surface area (Å²) in [6, 6.07) is 1.43. The number of aryl methyl sites for hydroxylation is 1. The Morgan fingerprint density at radius 1 is 1.53 bits per heavy atom. The maximum absolute atomic E-state index is 12.0. The monoisotopic (exact) mass is 286 g/mol. The molecule has 0 spiro atoms. The molecule has 0 unspecified atom stereocenters. The van der Waals surface area contributed by atoms with Crippen LogP contribution >= 0.6 is 0 Å². The summed E-state index contributed by atoms with van der Waals surface area (Å²) in [6.07, 6.45) is 2.60. The van der Waals surface area contributed by atoms with E-state index >= 15 is 0 Å². The zero-order valence-electron chi connectivity index (χ0n) is 10.3. The fraction of sp³-hybridized carbons (Fsp3) is 0.400. The van der Waals surface area contributed by atoms with E-state index in [1.54, 1.807) is 4.57 Å². The highest BCUT2D eigenvalue weighted by Crippen LogP contribution is 2.14. The second kappa shape index (κ2) is 5.51. The second-order valence-electron chi connectivity index (χ2n) is 3.78. The third kappa shape index (κ3) is 3.00. The molecule has 0 atom stereocenters. The van der Waals surface area contributed by atoms with E-state index in [9.17, 15) is 8.42 Å². The van der Waals surface area contributed by atoms with E-state index in [0.717, 1.165) is 6.39 Å². The largest absolute Gasteiger partial charge is 0.390 e. The fourth-order valence-electron chi connectivity index (χ4n) is 1.61. The first-order valence-corrected chi connectivity index (χ1v) is 7.10. The maximum atomic E-state index is 12.0. The van der Waals surface area contributed by atoms with E-state index in [-0.39, 0.29) is 23.9 Å². The summed E-state index contributed by atoms with van der Waals surface area (Å²) in [7, 11) is -3.66. The molecule has 2 aromatic rings. The first kappa shape index (κ1) is 13.7. The van der Waals surface area contributed by atoms with Gasteiger partial charge in [-0.25, -0.2) is 13.1 Å². The van der Waals surface area contributed by atoms with E-state index in [2.05, 4.69) is 19.4 Å². The molecule has 8 nitrogen and oxygen atoms in total. The highest BCUT2D eigenvalue weighted by atomic mass is 32.2. The molecule has 0 bridgehead atoms. The van der Waals surface area contributed by atoms with Crippen LogP contribution in [0.5, 0.6) is 0 Å². The zero-order chi connectivity index (χ0) is 13.9. The Labute approximate surface area is 110 Å². The molecule has 9 heteroatoms. The minimum absolute atomic E-state index is 0.0510. The Hall–Kier alpha value is -1.71. The van der Waals surface area contributed by atoms with Crippen molar-refractivity contribution in [1.82, 2.24) is 19.4 Å². The summed E-state index contributed by atoms with van der Waals surface area (Å²) in [5.41, 5.74) is 0.544. The van der Waals surface area contributed by atoms with Gasteiger partial charge < -0.3 is 14.2 Å². The lowest BCUT2D eigenvalue weighted by Gasteiger charge is -2.02. The summed E-state index contributed by atoms with van der Waals surface area (Å²) < 4.78 is 32.6. The lowest BCUT2D eigenvalue weighted by atomic mass is 10.4. The second-order valence-corrected chi connectivity index (χ2v) is 5.55. The number of aromatic nitrogens is 3. The van der Waals surface area contributed by atoms with Crippen LogP contribution in [0.4, 0.5) is 0 Å². The van der Waals surface area contributed by atoms with Gasteiger partial charge in [0.2, 0.25) is 16.4 Å². The number of hydrogen-bond donors (Lipinski definition) is 2. The smallest absolute Gasteiger partial charge is 0.242 e. The summed E-state index contributed by atoms with van der Waals surface area (Å²) >= 11 is 0.